The summed E-state index contributed by atoms with van der Waals surface area (Å²) >= 11 is 5.93. The van der Waals surface area contributed by atoms with Gasteiger partial charge in [-0.1, -0.05) is 48.0 Å². The van der Waals surface area contributed by atoms with Gasteiger partial charge in [0.1, 0.15) is 0 Å². The van der Waals surface area contributed by atoms with Crippen LogP contribution in [0.1, 0.15) is 30.5 Å². The summed E-state index contributed by atoms with van der Waals surface area (Å²) in [7, 11) is 0. The van der Waals surface area contributed by atoms with Gasteiger partial charge in [-0.2, -0.15) is 0 Å². The minimum atomic E-state index is -0.995. The molecule has 0 unspecified atom stereocenters. The van der Waals surface area contributed by atoms with Crippen molar-refractivity contribution in [3.05, 3.63) is 70.2 Å². The van der Waals surface area contributed by atoms with E-state index in [1.807, 2.05) is 42.5 Å². The number of rotatable bonds is 10. The van der Waals surface area contributed by atoms with Crippen LogP contribution in [0.2, 0.25) is 5.02 Å². The van der Waals surface area contributed by atoms with Crippen LogP contribution in [0.5, 0.6) is 0 Å². The van der Waals surface area contributed by atoms with Crippen molar-refractivity contribution in [1.82, 2.24) is 5.32 Å². The Kier molecular flexibility index (Phi) is 8.96. The summed E-state index contributed by atoms with van der Waals surface area (Å²) < 4.78 is 10.6. The number of benzene rings is 2. The molecule has 0 aromatic heterocycles. The zero-order valence-electron chi connectivity index (χ0n) is 16.6. The molecule has 1 atom stereocenters. The van der Waals surface area contributed by atoms with Crippen LogP contribution in [0.4, 0.5) is 4.79 Å². The summed E-state index contributed by atoms with van der Waals surface area (Å²) in [6.07, 6.45) is -0.761. The Morgan fingerprint density at radius 2 is 1.76 bits per heavy atom. The lowest BCUT2D eigenvalue weighted by Gasteiger charge is -2.17. The maximum Gasteiger partial charge on any atom is 0.407 e. The standard InChI is InChI=1S/C22H26ClNO5/c1-15(2)29-20(21(25)26)13-17-6-3-7-18(11-17)14-24-22(27)28-10-9-16-5-4-8-19(23)12-16/h3-8,11-12,15,20H,9-10,13-14H2,1-2H3,(H,24,27)(H,25,26)/t20-/m0/s1. The van der Waals surface area contributed by atoms with Crippen LogP contribution >= 0.6 is 11.6 Å². The summed E-state index contributed by atoms with van der Waals surface area (Å²) in [5, 5.41) is 12.6. The van der Waals surface area contributed by atoms with E-state index in [-0.39, 0.29) is 25.7 Å². The first-order chi connectivity index (χ1) is 13.8. The molecule has 29 heavy (non-hydrogen) atoms. The third kappa shape index (κ3) is 8.54. The van der Waals surface area contributed by atoms with Crippen LogP contribution in [0, 0.1) is 0 Å². The summed E-state index contributed by atoms with van der Waals surface area (Å²) in [6, 6.07) is 14.8. The van der Waals surface area contributed by atoms with Gasteiger partial charge in [0.15, 0.2) is 6.10 Å². The molecule has 1 amide bonds. The molecule has 2 aromatic rings. The van der Waals surface area contributed by atoms with Gasteiger partial charge in [-0.3, -0.25) is 0 Å². The van der Waals surface area contributed by atoms with Gasteiger partial charge in [-0.25, -0.2) is 9.59 Å². The van der Waals surface area contributed by atoms with Crippen molar-refractivity contribution in [2.75, 3.05) is 6.61 Å². The summed E-state index contributed by atoms with van der Waals surface area (Å²) in [5.74, 6) is -0.995. The van der Waals surface area contributed by atoms with Gasteiger partial charge in [0.05, 0.1) is 12.7 Å². The second kappa shape index (κ2) is 11.4. The molecule has 0 saturated carbocycles. The van der Waals surface area contributed by atoms with Crippen molar-refractivity contribution in [2.24, 2.45) is 0 Å². The third-order valence-electron chi connectivity index (χ3n) is 4.07. The Morgan fingerprint density at radius 1 is 1.07 bits per heavy atom. The van der Waals surface area contributed by atoms with E-state index in [4.69, 9.17) is 21.1 Å². The van der Waals surface area contributed by atoms with Gasteiger partial charge in [-0.05, 0) is 42.7 Å². The number of carboxylic acids is 1. The molecule has 2 N–H and O–H groups in total. The van der Waals surface area contributed by atoms with E-state index in [2.05, 4.69) is 5.32 Å². The topological polar surface area (TPSA) is 84.9 Å². The average Bonchev–Trinajstić information content (AvgIpc) is 2.66. The maximum atomic E-state index is 11.9. The highest BCUT2D eigenvalue weighted by Crippen LogP contribution is 2.12. The largest absolute Gasteiger partial charge is 0.479 e. The molecule has 0 fully saturated rings. The quantitative estimate of drug-likeness (QED) is 0.602. The van der Waals surface area contributed by atoms with Gasteiger partial charge in [0.2, 0.25) is 0 Å². The number of carboxylic acid groups (broad SMARTS) is 1. The first-order valence-corrected chi connectivity index (χ1v) is 9.82. The second-order valence-corrected chi connectivity index (χ2v) is 7.34. The zero-order valence-corrected chi connectivity index (χ0v) is 17.3. The molecule has 0 saturated heterocycles. The van der Waals surface area contributed by atoms with E-state index in [1.54, 1.807) is 19.9 Å². The molecule has 7 heteroatoms. The first-order valence-electron chi connectivity index (χ1n) is 9.44. The predicted molar refractivity (Wildman–Crippen MR) is 111 cm³/mol. The Bertz CT molecular complexity index is 824. The molecule has 0 heterocycles. The zero-order chi connectivity index (χ0) is 21.2. The lowest BCUT2D eigenvalue weighted by molar-refractivity contribution is -0.153. The highest BCUT2D eigenvalue weighted by Gasteiger charge is 2.20. The van der Waals surface area contributed by atoms with E-state index >= 15 is 0 Å². The Balaban J connectivity index is 1.80. The number of hydrogen-bond donors (Lipinski definition) is 2. The number of hydrogen-bond acceptors (Lipinski definition) is 4. The molecule has 0 bridgehead atoms. The molecule has 2 aromatic carbocycles. The highest BCUT2D eigenvalue weighted by molar-refractivity contribution is 6.30. The lowest BCUT2D eigenvalue weighted by Crippen LogP contribution is -2.29. The summed E-state index contributed by atoms with van der Waals surface area (Å²) in [6.45, 7) is 4.13. The molecular formula is C22H26ClNO5. The molecule has 0 aliphatic carbocycles. The third-order valence-corrected chi connectivity index (χ3v) is 4.31. The summed E-state index contributed by atoms with van der Waals surface area (Å²) in [5.41, 5.74) is 2.67. The molecule has 6 nitrogen and oxygen atoms in total. The Morgan fingerprint density at radius 3 is 2.45 bits per heavy atom. The number of carbonyl (C=O) groups excluding carboxylic acids is 1. The van der Waals surface area contributed by atoms with Crippen LogP contribution in [-0.4, -0.2) is 36.0 Å². The Hall–Kier alpha value is -2.57. The summed E-state index contributed by atoms with van der Waals surface area (Å²) in [4.78, 5) is 23.2. The first kappa shape index (κ1) is 22.7. The molecule has 0 aliphatic rings. The number of aliphatic carboxylic acids is 1. The van der Waals surface area contributed by atoms with Gasteiger partial charge in [0.25, 0.3) is 0 Å². The van der Waals surface area contributed by atoms with Gasteiger partial charge >= 0.3 is 12.1 Å². The van der Waals surface area contributed by atoms with Gasteiger partial charge < -0.3 is 19.9 Å². The fraction of sp³-hybridized carbons (Fsp3) is 0.364. The van der Waals surface area contributed by atoms with E-state index in [1.165, 1.54) is 0 Å². The SMILES string of the molecule is CC(C)O[C@@H](Cc1cccc(CNC(=O)OCCc2cccc(Cl)c2)c1)C(=O)O. The normalized spacial score (nSPS) is 11.9. The van der Waals surface area contributed by atoms with Gasteiger partial charge in [-0.15, -0.1) is 0 Å². The number of halogens is 1. The predicted octanol–water partition coefficient (Wildman–Crippen LogP) is 4.23. The number of alkyl carbamates (subject to hydrolysis) is 1. The van der Waals surface area contributed by atoms with Crippen molar-refractivity contribution in [3.8, 4) is 0 Å². The van der Waals surface area contributed by atoms with Crippen molar-refractivity contribution in [3.63, 3.8) is 0 Å². The monoisotopic (exact) mass is 419 g/mol. The van der Waals surface area contributed by atoms with Gasteiger partial charge in [0, 0.05) is 24.4 Å². The van der Waals surface area contributed by atoms with E-state index in [9.17, 15) is 14.7 Å². The van der Waals surface area contributed by atoms with Crippen molar-refractivity contribution >= 4 is 23.7 Å². The Labute approximate surface area is 175 Å². The molecule has 2 rings (SSSR count). The fourth-order valence-electron chi connectivity index (χ4n) is 2.78. The minimum absolute atomic E-state index is 0.178. The smallest absolute Gasteiger partial charge is 0.407 e. The van der Waals surface area contributed by atoms with Crippen LogP contribution < -0.4 is 5.32 Å². The number of ether oxygens (including phenoxy) is 2. The maximum absolute atomic E-state index is 11.9. The van der Waals surface area contributed by atoms with Crippen molar-refractivity contribution in [2.45, 2.75) is 45.4 Å². The molecule has 156 valence electrons. The highest BCUT2D eigenvalue weighted by atomic mass is 35.5. The van der Waals surface area contributed by atoms with Crippen LogP contribution in [0.15, 0.2) is 48.5 Å². The van der Waals surface area contributed by atoms with E-state index in [0.717, 1.165) is 16.7 Å². The number of amides is 1. The minimum Gasteiger partial charge on any atom is -0.479 e. The fourth-order valence-corrected chi connectivity index (χ4v) is 3.00. The molecular weight excluding hydrogens is 394 g/mol. The lowest BCUT2D eigenvalue weighted by atomic mass is 10.0. The van der Waals surface area contributed by atoms with E-state index < -0.39 is 18.2 Å². The number of nitrogens with one attached hydrogen (secondary N) is 1. The van der Waals surface area contributed by atoms with Crippen LogP contribution in [-0.2, 0) is 33.7 Å². The second-order valence-electron chi connectivity index (χ2n) is 6.91. The van der Waals surface area contributed by atoms with Crippen LogP contribution in [0.3, 0.4) is 0 Å². The number of carbonyl (C=O) groups is 2. The van der Waals surface area contributed by atoms with E-state index in [0.29, 0.717) is 11.4 Å². The van der Waals surface area contributed by atoms with Crippen molar-refractivity contribution in [1.29, 1.82) is 0 Å². The molecule has 0 aliphatic heterocycles. The molecule has 0 radical (unpaired) electrons. The average molecular weight is 420 g/mol. The van der Waals surface area contributed by atoms with Crippen molar-refractivity contribution < 1.29 is 24.2 Å². The molecule has 0 spiro atoms. The van der Waals surface area contributed by atoms with Crippen LogP contribution in [0.25, 0.3) is 0 Å².